The highest BCUT2D eigenvalue weighted by atomic mass is 16.3. The molecule has 5 nitrogen and oxygen atoms in total. The number of amides is 1. The number of nitriles is 1. The Hall–Kier alpha value is -1.12. The van der Waals surface area contributed by atoms with E-state index < -0.39 is 0 Å². The van der Waals surface area contributed by atoms with Crippen LogP contribution in [0.15, 0.2) is 0 Å². The topological polar surface area (TPSA) is 76.4 Å². The molecule has 2 atom stereocenters. The Morgan fingerprint density at radius 3 is 3.06 bits per heavy atom. The summed E-state index contributed by atoms with van der Waals surface area (Å²) in [6.45, 7) is 4.29. The first kappa shape index (κ1) is 12.9. The Morgan fingerprint density at radius 1 is 1.69 bits per heavy atom. The van der Waals surface area contributed by atoms with E-state index >= 15 is 0 Å². The van der Waals surface area contributed by atoms with Crippen molar-refractivity contribution in [2.75, 3.05) is 26.2 Å². The third kappa shape index (κ3) is 4.17. The number of nitrogens with one attached hydrogen (secondary N) is 1. The first-order chi connectivity index (χ1) is 7.63. The lowest BCUT2D eigenvalue weighted by Gasteiger charge is -2.33. The van der Waals surface area contributed by atoms with Gasteiger partial charge in [0.15, 0.2) is 0 Å². The van der Waals surface area contributed by atoms with Crippen molar-refractivity contribution >= 4 is 5.91 Å². The quantitative estimate of drug-likeness (QED) is 0.645. The molecule has 5 heteroatoms. The predicted molar refractivity (Wildman–Crippen MR) is 59.5 cm³/mol. The summed E-state index contributed by atoms with van der Waals surface area (Å²) in [6.07, 6.45) is 0.839. The highest BCUT2D eigenvalue weighted by Gasteiger charge is 2.24. The molecule has 0 aliphatic carbocycles. The van der Waals surface area contributed by atoms with E-state index in [0.717, 1.165) is 19.5 Å². The predicted octanol–water partition coefficient (Wildman–Crippen LogP) is -0.281. The maximum absolute atomic E-state index is 11.4. The van der Waals surface area contributed by atoms with Crippen LogP contribution in [-0.4, -0.2) is 48.2 Å². The van der Waals surface area contributed by atoms with Gasteiger partial charge in [0.2, 0.25) is 5.91 Å². The van der Waals surface area contributed by atoms with Gasteiger partial charge >= 0.3 is 0 Å². The van der Waals surface area contributed by atoms with Crippen molar-refractivity contribution in [1.29, 1.82) is 5.26 Å². The number of aliphatic hydroxyl groups excluding tert-OH is 1. The third-order valence-electron chi connectivity index (χ3n) is 2.87. The summed E-state index contributed by atoms with van der Waals surface area (Å²) in [5.41, 5.74) is 0. The van der Waals surface area contributed by atoms with Crippen LogP contribution in [0.3, 0.4) is 0 Å². The monoisotopic (exact) mass is 225 g/mol. The fraction of sp³-hybridized carbons (Fsp3) is 0.818. The van der Waals surface area contributed by atoms with E-state index in [1.165, 1.54) is 0 Å². The van der Waals surface area contributed by atoms with Crippen LogP contribution >= 0.6 is 0 Å². The van der Waals surface area contributed by atoms with Crippen molar-refractivity contribution in [3.63, 3.8) is 0 Å². The number of carbonyl (C=O) groups is 1. The van der Waals surface area contributed by atoms with Gasteiger partial charge in [0.05, 0.1) is 25.1 Å². The fourth-order valence-electron chi connectivity index (χ4n) is 1.88. The lowest BCUT2D eigenvalue weighted by molar-refractivity contribution is -0.123. The second-order valence-electron chi connectivity index (χ2n) is 4.33. The molecule has 0 spiro atoms. The van der Waals surface area contributed by atoms with Gasteiger partial charge in [-0.3, -0.25) is 9.69 Å². The Bertz CT molecular complexity index is 275. The van der Waals surface area contributed by atoms with E-state index in [1.807, 2.05) is 17.9 Å². The van der Waals surface area contributed by atoms with Crippen LogP contribution in [0, 0.1) is 17.2 Å². The smallest absolute Gasteiger partial charge is 0.234 e. The third-order valence-corrected chi connectivity index (χ3v) is 2.87. The molecule has 1 saturated heterocycles. The maximum Gasteiger partial charge on any atom is 0.234 e. The number of rotatable bonds is 4. The summed E-state index contributed by atoms with van der Waals surface area (Å²) >= 11 is 0. The first-order valence-electron chi connectivity index (χ1n) is 5.67. The minimum Gasteiger partial charge on any atom is -0.393 e. The number of aliphatic hydroxyl groups is 1. The standard InChI is InChI=1S/C11H19N3O2/c1-9-7-14(6-3-10(9)15)8-11(16)13-5-2-4-12/h9-10,15H,2-3,5-8H2,1H3,(H,13,16). The van der Waals surface area contributed by atoms with Gasteiger partial charge in [-0.15, -0.1) is 0 Å². The normalized spacial score (nSPS) is 26.1. The van der Waals surface area contributed by atoms with Gasteiger partial charge in [0.1, 0.15) is 0 Å². The van der Waals surface area contributed by atoms with Crippen LogP contribution in [0.4, 0.5) is 0 Å². The molecule has 1 rings (SSSR count). The van der Waals surface area contributed by atoms with Gasteiger partial charge in [0, 0.05) is 19.6 Å². The van der Waals surface area contributed by atoms with Gasteiger partial charge < -0.3 is 10.4 Å². The van der Waals surface area contributed by atoms with Crippen LogP contribution < -0.4 is 5.32 Å². The zero-order valence-electron chi connectivity index (χ0n) is 9.65. The molecule has 2 N–H and O–H groups in total. The molecule has 0 aromatic heterocycles. The van der Waals surface area contributed by atoms with Crippen LogP contribution in [-0.2, 0) is 4.79 Å². The summed E-state index contributed by atoms with van der Waals surface area (Å²) in [5, 5.41) is 20.6. The molecule has 1 aliphatic heterocycles. The lowest BCUT2D eigenvalue weighted by atomic mass is 9.97. The zero-order valence-corrected chi connectivity index (χ0v) is 9.65. The maximum atomic E-state index is 11.4. The molecule has 0 saturated carbocycles. The highest BCUT2D eigenvalue weighted by molar-refractivity contribution is 5.78. The summed E-state index contributed by atoms with van der Waals surface area (Å²) < 4.78 is 0. The molecular weight excluding hydrogens is 206 g/mol. The van der Waals surface area contributed by atoms with Gasteiger partial charge in [-0.2, -0.15) is 5.26 Å². The van der Waals surface area contributed by atoms with E-state index in [9.17, 15) is 9.90 Å². The number of likely N-dealkylation sites (tertiary alicyclic amines) is 1. The van der Waals surface area contributed by atoms with Crippen LogP contribution in [0.1, 0.15) is 19.8 Å². The zero-order chi connectivity index (χ0) is 12.0. The van der Waals surface area contributed by atoms with Crippen LogP contribution in [0.5, 0.6) is 0 Å². The summed E-state index contributed by atoms with van der Waals surface area (Å²) in [6, 6.07) is 1.98. The van der Waals surface area contributed by atoms with Crippen molar-refractivity contribution < 1.29 is 9.90 Å². The summed E-state index contributed by atoms with van der Waals surface area (Å²) in [5.74, 6) is 0.180. The average Bonchev–Trinajstić information content (AvgIpc) is 2.24. The molecule has 1 heterocycles. The van der Waals surface area contributed by atoms with E-state index in [1.54, 1.807) is 0 Å². The number of carbonyl (C=O) groups excluding carboxylic acids is 1. The Morgan fingerprint density at radius 2 is 2.44 bits per heavy atom. The van der Waals surface area contributed by atoms with Crippen molar-refractivity contribution in [1.82, 2.24) is 10.2 Å². The summed E-state index contributed by atoms with van der Waals surface area (Å²) in [4.78, 5) is 13.5. The second-order valence-corrected chi connectivity index (χ2v) is 4.33. The number of piperidine rings is 1. The first-order valence-corrected chi connectivity index (χ1v) is 5.67. The van der Waals surface area contributed by atoms with Crippen LogP contribution in [0.2, 0.25) is 0 Å². The molecule has 0 aromatic rings. The number of hydrogen-bond donors (Lipinski definition) is 2. The summed E-state index contributed by atoms with van der Waals surface area (Å²) in [7, 11) is 0. The van der Waals surface area contributed by atoms with Gasteiger partial charge in [0.25, 0.3) is 0 Å². The minimum absolute atomic E-state index is 0.0427. The molecule has 16 heavy (non-hydrogen) atoms. The van der Waals surface area contributed by atoms with Gasteiger partial charge in [-0.25, -0.2) is 0 Å². The second kappa shape index (κ2) is 6.46. The Kier molecular flexibility index (Phi) is 5.23. The van der Waals surface area contributed by atoms with Gasteiger partial charge in [-0.05, 0) is 12.3 Å². The molecule has 1 amide bonds. The van der Waals surface area contributed by atoms with E-state index in [-0.39, 0.29) is 17.9 Å². The average molecular weight is 225 g/mol. The lowest BCUT2D eigenvalue weighted by Crippen LogP contribution is -2.46. The fourth-order valence-corrected chi connectivity index (χ4v) is 1.88. The van der Waals surface area contributed by atoms with E-state index in [4.69, 9.17) is 5.26 Å². The molecule has 0 aromatic carbocycles. The minimum atomic E-state index is -0.238. The molecule has 90 valence electrons. The van der Waals surface area contributed by atoms with Crippen LogP contribution in [0.25, 0.3) is 0 Å². The molecule has 0 bridgehead atoms. The number of nitrogens with zero attached hydrogens (tertiary/aromatic N) is 2. The SMILES string of the molecule is CC1CN(CC(=O)NCCC#N)CCC1O. The van der Waals surface area contributed by atoms with E-state index in [2.05, 4.69) is 5.32 Å². The Balaban J connectivity index is 2.22. The van der Waals surface area contributed by atoms with Crippen molar-refractivity contribution in [2.24, 2.45) is 5.92 Å². The molecule has 1 fully saturated rings. The molecule has 0 radical (unpaired) electrons. The largest absolute Gasteiger partial charge is 0.393 e. The van der Waals surface area contributed by atoms with E-state index in [0.29, 0.717) is 19.5 Å². The van der Waals surface area contributed by atoms with Crippen molar-refractivity contribution in [3.8, 4) is 6.07 Å². The molecular formula is C11H19N3O2. The molecule has 2 unspecified atom stereocenters. The highest BCUT2D eigenvalue weighted by Crippen LogP contribution is 2.15. The van der Waals surface area contributed by atoms with Crippen molar-refractivity contribution in [3.05, 3.63) is 0 Å². The molecule has 1 aliphatic rings. The van der Waals surface area contributed by atoms with Gasteiger partial charge in [-0.1, -0.05) is 6.92 Å². The number of hydrogen-bond acceptors (Lipinski definition) is 4. The van der Waals surface area contributed by atoms with Crippen molar-refractivity contribution in [2.45, 2.75) is 25.9 Å². The Labute approximate surface area is 96.0 Å².